The number of nitrogens with zero attached hydrogens (tertiary/aromatic N) is 1. The molecule has 0 saturated heterocycles. The molecule has 2 aromatic carbocycles. The number of ether oxygens (including phenoxy) is 2. The van der Waals surface area contributed by atoms with E-state index in [9.17, 15) is 9.59 Å². The molecule has 28 heavy (non-hydrogen) atoms. The Hall–Kier alpha value is -2.66. The number of esters is 1. The van der Waals surface area contributed by atoms with Crippen LogP contribution in [-0.2, 0) is 20.7 Å². The van der Waals surface area contributed by atoms with Gasteiger partial charge in [-0.2, -0.15) is 0 Å². The maximum atomic E-state index is 12.9. The molecule has 1 atom stereocenters. The van der Waals surface area contributed by atoms with Crippen LogP contribution in [-0.4, -0.2) is 29.8 Å². The predicted octanol–water partition coefficient (Wildman–Crippen LogP) is 4.64. The minimum Gasteiger partial charge on any atom is -0.458 e. The largest absolute Gasteiger partial charge is 0.458 e. The van der Waals surface area contributed by atoms with Gasteiger partial charge in [0.2, 0.25) is 0 Å². The van der Waals surface area contributed by atoms with Crippen molar-refractivity contribution in [3.63, 3.8) is 0 Å². The second-order valence-electron chi connectivity index (χ2n) is 7.62. The SMILES string of the molecule is CC(C)(C)OC(=O)[C@](C)(Cc1ccc(OC=O)cc1)/N=C/c1ccc(Cl)cc1. The van der Waals surface area contributed by atoms with Gasteiger partial charge in [-0.1, -0.05) is 35.9 Å². The summed E-state index contributed by atoms with van der Waals surface area (Å²) in [6, 6.07) is 14.1. The lowest BCUT2D eigenvalue weighted by molar-refractivity contribution is -0.160. The average molecular weight is 402 g/mol. The summed E-state index contributed by atoms with van der Waals surface area (Å²) in [7, 11) is 0. The highest BCUT2D eigenvalue weighted by Gasteiger charge is 2.36. The van der Waals surface area contributed by atoms with E-state index in [1.807, 2.05) is 32.9 Å². The summed E-state index contributed by atoms with van der Waals surface area (Å²) in [5, 5.41) is 0.629. The van der Waals surface area contributed by atoms with Gasteiger partial charge in [0.05, 0.1) is 0 Å². The second-order valence-corrected chi connectivity index (χ2v) is 8.06. The molecule has 0 amide bonds. The summed E-state index contributed by atoms with van der Waals surface area (Å²) >= 11 is 5.92. The zero-order valence-corrected chi connectivity index (χ0v) is 17.2. The van der Waals surface area contributed by atoms with Crippen molar-refractivity contribution in [2.45, 2.75) is 45.3 Å². The Balaban J connectivity index is 2.30. The van der Waals surface area contributed by atoms with Crippen LogP contribution in [0.2, 0.25) is 5.02 Å². The van der Waals surface area contributed by atoms with E-state index in [2.05, 4.69) is 4.99 Å². The fourth-order valence-electron chi connectivity index (χ4n) is 2.46. The van der Waals surface area contributed by atoms with Crippen LogP contribution in [0.1, 0.15) is 38.8 Å². The molecule has 2 aromatic rings. The Morgan fingerprint density at radius 3 is 2.18 bits per heavy atom. The first-order chi connectivity index (χ1) is 13.1. The number of carbonyl (C=O) groups excluding carboxylic acids is 2. The predicted molar refractivity (Wildman–Crippen MR) is 110 cm³/mol. The van der Waals surface area contributed by atoms with Crippen molar-refractivity contribution in [2.75, 3.05) is 0 Å². The minimum absolute atomic E-state index is 0.327. The van der Waals surface area contributed by atoms with Crippen LogP contribution in [0, 0.1) is 0 Å². The summed E-state index contributed by atoms with van der Waals surface area (Å²) in [4.78, 5) is 27.9. The number of hydrogen-bond donors (Lipinski definition) is 0. The molecule has 6 heteroatoms. The summed E-state index contributed by atoms with van der Waals surface area (Å²) < 4.78 is 10.4. The highest BCUT2D eigenvalue weighted by Crippen LogP contribution is 2.24. The summed E-state index contributed by atoms with van der Waals surface area (Å²) in [6.45, 7) is 7.57. The molecule has 0 saturated carbocycles. The lowest BCUT2D eigenvalue weighted by Gasteiger charge is -2.28. The second kappa shape index (κ2) is 9.02. The van der Waals surface area contributed by atoms with Crippen molar-refractivity contribution in [3.05, 3.63) is 64.7 Å². The van der Waals surface area contributed by atoms with Crippen molar-refractivity contribution in [3.8, 4) is 5.75 Å². The molecule has 0 bridgehead atoms. The first kappa shape index (κ1) is 21.6. The zero-order chi connectivity index (χ0) is 20.8. The third-order valence-electron chi connectivity index (χ3n) is 3.86. The first-order valence-electron chi connectivity index (χ1n) is 8.85. The number of benzene rings is 2. The van der Waals surface area contributed by atoms with Crippen LogP contribution in [0.25, 0.3) is 0 Å². The highest BCUT2D eigenvalue weighted by molar-refractivity contribution is 6.30. The summed E-state index contributed by atoms with van der Waals surface area (Å²) in [6.07, 6.45) is 1.97. The number of aliphatic imine (C=N–C) groups is 1. The quantitative estimate of drug-likeness (QED) is 0.385. The van der Waals surface area contributed by atoms with Gasteiger partial charge in [0, 0.05) is 17.7 Å². The Morgan fingerprint density at radius 1 is 1.04 bits per heavy atom. The van der Waals surface area contributed by atoms with Crippen LogP contribution in [0.15, 0.2) is 53.5 Å². The van der Waals surface area contributed by atoms with Crippen molar-refractivity contribution >= 4 is 30.3 Å². The normalized spacial score (nSPS) is 13.8. The Labute approximate surface area is 170 Å². The van der Waals surface area contributed by atoms with Gasteiger partial charge in [-0.15, -0.1) is 0 Å². The smallest absolute Gasteiger partial charge is 0.334 e. The molecule has 0 N–H and O–H groups in total. The van der Waals surface area contributed by atoms with Gasteiger partial charge in [-0.3, -0.25) is 9.79 Å². The van der Waals surface area contributed by atoms with Crippen LogP contribution >= 0.6 is 11.6 Å². The number of rotatable bonds is 7. The standard InChI is InChI=1S/C22H24ClNO4/c1-21(2,3)28-20(26)22(4,24-14-17-5-9-18(23)10-6-17)13-16-7-11-19(12-8-16)27-15-25/h5-12,14-15H,13H2,1-4H3/b24-14+/t22-/m0/s1. The zero-order valence-electron chi connectivity index (χ0n) is 16.4. The van der Waals surface area contributed by atoms with E-state index < -0.39 is 17.1 Å². The number of halogens is 1. The fraction of sp³-hybridized carbons (Fsp3) is 0.318. The minimum atomic E-state index is -1.13. The van der Waals surface area contributed by atoms with E-state index in [-0.39, 0.29) is 0 Å². The average Bonchev–Trinajstić information content (AvgIpc) is 2.62. The fourth-order valence-corrected chi connectivity index (χ4v) is 2.59. The lowest BCUT2D eigenvalue weighted by Crippen LogP contribution is -2.41. The Kier molecular flexibility index (Phi) is 6.97. The van der Waals surface area contributed by atoms with Gasteiger partial charge >= 0.3 is 5.97 Å². The topological polar surface area (TPSA) is 65.0 Å². The number of carbonyl (C=O) groups is 2. The van der Waals surface area contributed by atoms with E-state index in [1.165, 1.54) is 0 Å². The molecule has 2 rings (SSSR count). The van der Waals surface area contributed by atoms with Gasteiger partial charge in [0.1, 0.15) is 11.4 Å². The van der Waals surface area contributed by atoms with Crippen LogP contribution in [0.4, 0.5) is 0 Å². The first-order valence-corrected chi connectivity index (χ1v) is 9.23. The number of hydrogen-bond acceptors (Lipinski definition) is 5. The molecule has 148 valence electrons. The third kappa shape index (κ3) is 6.50. The molecule has 0 fully saturated rings. The van der Waals surface area contributed by atoms with Gasteiger partial charge in [0.15, 0.2) is 5.54 Å². The molecule has 0 aliphatic heterocycles. The van der Waals surface area contributed by atoms with Crippen molar-refractivity contribution in [1.82, 2.24) is 0 Å². The van der Waals surface area contributed by atoms with E-state index in [0.29, 0.717) is 23.7 Å². The lowest BCUT2D eigenvalue weighted by atomic mass is 9.93. The molecule has 5 nitrogen and oxygen atoms in total. The van der Waals surface area contributed by atoms with Gasteiger partial charge in [-0.25, -0.2) is 4.79 Å². The highest BCUT2D eigenvalue weighted by atomic mass is 35.5. The third-order valence-corrected chi connectivity index (χ3v) is 4.12. The van der Waals surface area contributed by atoms with E-state index in [4.69, 9.17) is 21.1 Å². The molecule has 0 radical (unpaired) electrons. The molecule has 0 unspecified atom stereocenters. The summed E-state index contributed by atoms with van der Waals surface area (Å²) in [5.74, 6) is 0.0146. The van der Waals surface area contributed by atoms with Crippen molar-refractivity contribution in [1.29, 1.82) is 0 Å². The van der Waals surface area contributed by atoms with E-state index in [1.54, 1.807) is 49.5 Å². The molecule has 0 heterocycles. The summed E-state index contributed by atoms with van der Waals surface area (Å²) in [5.41, 5.74) is -0.0655. The van der Waals surface area contributed by atoms with E-state index in [0.717, 1.165) is 11.1 Å². The van der Waals surface area contributed by atoms with Crippen molar-refractivity contribution in [2.24, 2.45) is 4.99 Å². The molecule has 0 aliphatic carbocycles. The van der Waals surface area contributed by atoms with Gasteiger partial charge in [0.25, 0.3) is 6.47 Å². The maximum absolute atomic E-state index is 12.9. The Bertz CT molecular complexity index is 838. The monoisotopic (exact) mass is 401 g/mol. The molecular formula is C22H24ClNO4. The van der Waals surface area contributed by atoms with Gasteiger partial charge < -0.3 is 9.47 Å². The van der Waals surface area contributed by atoms with Crippen LogP contribution in [0.5, 0.6) is 5.75 Å². The van der Waals surface area contributed by atoms with Gasteiger partial charge in [-0.05, 0) is 63.1 Å². The van der Waals surface area contributed by atoms with Crippen LogP contribution in [0.3, 0.4) is 0 Å². The molecule has 0 aliphatic rings. The molecule has 0 spiro atoms. The molecule has 0 aromatic heterocycles. The van der Waals surface area contributed by atoms with E-state index >= 15 is 0 Å². The Morgan fingerprint density at radius 2 is 1.64 bits per heavy atom. The van der Waals surface area contributed by atoms with Crippen LogP contribution < -0.4 is 4.74 Å². The van der Waals surface area contributed by atoms with Crippen molar-refractivity contribution < 1.29 is 19.1 Å². The maximum Gasteiger partial charge on any atom is 0.334 e. The molecular weight excluding hydrogens is 378 g/mol.